The molecule has 0 aliphatic heterocycles. The molecule has 0 spiro atoms. The molecule has 1 rings (SSSR count). The number of thioether (sulfide) groups is 1. The van der Waals surface area contributed by atoms with E-state index in [2.05, 4.69) is 16.9 Å². The third-order valence-corrected chi connectivity index (χ3v) is 3.49. The van der Waals surface area contributed by atoms with Crippen LogP contribution >= 0.6 is 23.1 Å². The highest BCUT2D eigenvalue weighted by Gasteiger charge is 2.02. The van der Waals surface area contributed by atoms with Crippen molar-refractivity contribution < 1.29 is 14.7 Å². The van der Waals surface area contributed by atoms with Crippen LogP contribution in [0.4, 0.5) is 5.13 Å². The minimum atomic E-state index is -0.833. The molecule has 0 aliphatic carbocycles. The number of thiazole rings is 1. The Hall–Kier alpha value is -1.86. The van der Waals surface area contributed by atoms with E-state index in [1.54, 1.807) is 42.3 Å². The Bertz CT molecular complexity index is 503. The second kappa shape index (κ2) is 11.0. The summed E-state index contributed by atoms with van der Waals surface area (Å²) in [6.45, 7) is 4.61. The Morgan fingerprint density at radius 3 is 2.60 bits per heavy atom. The maximum absolute atomic E-state index is 11.4. The molecular formula is C13H16N2O3S2. The van der Waals surface area contributed by atoms with E-state index in [1.165, 1.54) is 17.4 Å². The molecule has 0 fully saturated rings. The highest BCUT2D eigenvalue weighted by molar-refractivity contribution is 8.00. The highest BCUT2D eigenvalue weighted by atomic mass is 32.2. The zero-order valence-electron chi connectivity index (χ0n) is 11.2. The summed E-state index contributed by atoms with van der Waals surface area (Å²) in [6, 6.07) is 0. The lowest BCUT2D eigenvalue weighted by atomic mass is 10.4. The van der Waals surface area contributed by atoms with Crippen molar-refractivity contribution in [1.29, 1.82) is 0 Å². The number of allylic oxidation sites excluding steroid dienone is 4. The topological polar surface area (TPSA) is 79.3 Å². The van der Waals surface area contributed by atoms with Crippen LogP contribution in [-0.2, 0) is 9.59 Å². The number of anilines is 1. The number of nitrogens with one attached hydrogen (secondary N) is 1. The molecule has 20 heavy (non-hydrogen) atoms. The summed E-state index contributed by atoms with van der Waals surface area (Å²) >= 11 is 3.06. The quantitative estimate of drug-likeness (QED) is 0.496. The van der Waals surface area contributed by atoms with Crippen LogP contribution in [0.2, 0.25) is 0 Å². The van der Waals surface area contributed by atoms with Crippen LogP contribution in [0.25, 0.3) is 0 Å². The molecule has 108 valence electrons. The summed E-state index contributed by atoms with van der Waals surface area (Å²) < 4.78 is 1.07. The number of hydrogen-bond donors (Lipinski definition) is 2. The summed E-state index contributed by atoms with van der Waals surface area (Å²) in [5.74, 6) is -1.02. The number of carbonyl (C=O) groups is 2. The van der Waals surface area contributed by atoms with E-state index >= 15 is 0 Å². The van der Waals surface area contributed by atoms with Crippen molar-refractivity contribution in [2.45, 2.75) is 11.1 Å². The van der Waals surface area contributed by atoms with Crippen molar-refractivity contribution in [2.24, 2.45) is 0 Å². The van der Waals surface area contributed by atoms with Gasteiger partial charge in [0.15, 0.2) is 5.13 Å². The number of rotatable bonds is 5. The van der Waals surface area contributed by atoms with E-state index in [0.717, 1.165) is 11.1 Å². The normalized spacial score (nSPS) is 10.1. The van der Waals surface area contributed by atoms with E-state index in [4.69, 9.17) is 9.90 Å². The first-order chi connectivity index (χ1) is 9.49. The zero-order valence-corrected chi connectivity index (χ0v) is 12.8. The number of aliphatic carboxylic acids is 1. The molecule has 5 nitrogen and oxygen atoms in total. The molecule has 1 aromatic heterocycles. The van der Waals surface area contributed by atoms with Gasteiger partial charge in [-0.25, -0.2) is 4.98 Å². The van der Waals surface area contributed by atoms with Crippen LogP contribution in [0.15, 0.2) is 47.4 Å². The lowest BCUT2D eigenvalue weighted by Gasteiger charge is -1.93. The molecular weight excluding hydrogens is 296 g/mol. The number of carboxylic acid groups (broad SMARTS) is 1. The molecule has 1 amide bonds. The van der Waals surface area contributed by atoms with Gasteiger partial charge in [0, 0.05) is 13.0 Å². The first-order valence-electron chi connectivity index (χ1n) is 5.45. The third kappa shape index (κ3) is 10.1. The largest absolute Gasteiger partial charge is 0.481 e. The summed E-state index contributed by atoms with van der Waals surface area (Å²) in [6.07, 6.45) is 11.9. The van der Waals surface area contributed by atoms with Gasteiger partial charge in [-0.2, -0.15) is 0 Å². The fraction of sp³-hybridized carbons (Fsp3) is 0.154. The maximum Gasteiger partial charge on any atom is 0.300 e. The van der Waals surface area contributed by atoms with Crippen molar-refractivity contribution in [3.63, 3.8) is 0 Å². The summed E-state index contributed by atoms with van der Waals surface area (Å²) in [4.78, 5) is 24.4. The van der Waals surface area contributed by atoms with Crippen LogP contribution in [0.3, 0.4) is 0 Å². The van der Waals surface area contributed by atoms with Gasteiger partial charge in [-0.3, -0.25) is 14.9 Å². The monoisotopic (exact) mass is 312 g/mol. The molecule has 0 saturated carbocycles. The SMILES string of the molecule is C=C/C=C\C=C\C(=O)Nc1ncc(SC)s1.CC(=O)O. The molecule has 7 heteroatoms. The van der Waals surface area contributed by atoms with Crippen molar-refractivity contribution in [3.05, 3.63) is 43.2 Å². The van der Waals surface area contributed by atoms with Gasteiger partial charge in [0.2, 0.25) is 5.91 Å². The molecule has 2 N–H and O–H groups in total. The molecule has 0 saturated heterocycles. The van der Waals surface area contributed by atoms with Gasteiger partial charge in [0.25, 0.3) is 5.97 Å². The minimum absolute atomic E-state index is 0.185. The first-order valence-corrected chi connectivity index (χ1v) is 7.49. The fourth-order valence-electron chi connectivity index (χ4n) is 0.844. The number of aromatic nitrogens is 1. The lowest BCUT2D eigenvalue weighted by Crippen LogP contribution is -2.06. The van der Waals surface area contributed by atoms with Crippen molar-refractivity contribution in [1.82, 2.24) is 4.98 Å². The Labute approximate surface area is 126 Å². The van der Waals surface area contributed by atoms with Crippen LogP contribution < -0.4 is 5.32 Å². The van der Waals surface area contributed by atoms with Gasteiger partial charge in [-0.15, -0.1) is 11.8 Å². The summed E-state index contributed by atoms with van der Waals surface area (Å²) in [5, 5.41) is 10.7. The number of amides is 1. The summed E-state index contributed by atoms with van der Waals surface area (Å²) in [7, 11) is 0. The maximum atomic E-state index is 11.4. The van der Waals surface area contributed by atoms with Crippen molar-refractivity contribution in [3.8, 4) is 0 Å². The molecule has 0 bridgehead atoms. The lowest BCUT2D eigenvalue weighted by molar-refractivity contribution is -0.134. The molecule has 0 aliphatic rings. The van der Waals surface area contributed by atoms with E-state index < -0.39 is 5.97 Å². The molecule has 1 aromatic rings. The highest BCUT2D eigenvalue weighted by Crippen LogP contribution is 2.25. The Morgan fingerprint density at radius 2 is 2.10 bits per heavy atom. The van der Waals surface area contributed by atoms with E-state index in [-0.39, 0.29) is 5.91 Å². The van der Waals surface area contributed by atoms with Gasteiger partial charge in [0.1, 0.15) is 0 Å². The van der Waals surface area contributed by atoms with Gasteiger partial charge < -0.3 is 5.11 Å². The Kier molecular flexibility index (Phi) is 9.98. The number of carboxylic acids is 1. The predicted octanol–water partition coefficient (Wildman–Crippen LogP) is 3.19. The van der Waals surface area contributed by atoms with Crippen LogP contribution in [0.1, 0.15) is 6.92 Å². The number of nitrogens with zero attached hydrogens (tertiary/aromatic N) is 1. The smallest absolute Gasteiger partial charge is 0.300 e. The average molecular weight is 312 g/mol. The standard InChI is InChI=1S/C11H12N2OS2.C2H4O2/c1-3-4-5-6-7-9(14)13-11-12-8-10(15-2)16-11;1-2(3)4/h3-8H,1H2,2H3,(H,12,13,14);1H3,(H,3,4)/b5-4-,7-6+;. The van der Waals surface area contributed by atoms with Gasteiger partial charge in [0.05, 0.1) is 10.4 Å². The zero-order chi connectivity index (χ0) is 15.4. The first kappa shape index (κ1) is 18.1. The second-order valence-corrected chi connectivity index (χ2v) is 5.31. The predicted molar refractivity (Wildman–Crippen MR) is 84.3 cm³/mol. The van der Waals surface area contributed by atoms with Crippen LogP contribution in [0, 0.1) is 0 Å². The fourth-order valence-corrected chi connectivity index (χ4v) is 2.13. The average Bonchev–Trinajstić information content (AvgIpc) is 2.81. The molecule has 0 atom stereocenters. The molecule has 1 heterocycles. The van der Waals surface area contributed by atoms with Crippen LogP contribution in [0.5, 0.6) is 0 Å². The Balaban J connectivity index is 0.000000796. The van der Waals surface area contributed by atoms with Gasteiger partial charge in [-0.05, 0) is 6.26 Å². The second-order valence-electron chi connectivity index (χ2n) is 3.18. The van der Waals surface area contributed by atoms with Crippen LogP contribution in [-0.4, -0.2) is 28.2 Å². The Morgan fingerprint density at radius 1 is 1.45 bits per heavy atom. The van der Waals surface area contributed by atoms with Crippen molar-refractivity contribution >= 4 is 40.1 Å². The van der Waals surface area contributed by atoms with E-state index in [9.17, 15) is 4.79 Å². The van der Waals surface area contributed by atoms with Gasteiger partial charge >= 0.3 is 0 Å². The molecule has 0 aromatic carbocycles. The summed E-state index contributed by atoms with van der Waals surface area (Å²) in [5.41, 5.74) is 0. The van der Waals surface area contributed by atoms with E-state index in [0.29, 0.717) is 5.13 Å². The number of carbonyl (C=O) groups excluding carboxylic acids is 1. The number of hydrogen-bond acceptors (Lipinski definition) is 5. The van der Waals surface area contributed by atoms with E-state index in [1.807, 2.05) is 6.26 Å². The minimum Gasteiger partial charge on any atom is -0.481 e. The molecule has 0 unspecified atom stereocenters. The van der Waals surface area contributed by atoms with Crippen molar-refractivity contribution in [2.75, 3.05) is 11.6 Å². The third-order valence-electron chi connectivity index (χ3n) is 1.52. The molecule has 0 radical (unpaired) electrons. The van der Waals surface area contributed by atoms with Gasteiger partial charge in [-0.1, -0.05) is 42.2 Å².